The molecule has 3 nitrogen and oxygen atoms in total. The van der Waals surface area contributed by atoms with Gasteiger partial charge in [-0.1, -0.05) is 6.07 Å². The molecule has 3 N–H and O–H groups in total. The van der Waals surface area contributed by atoms with Gasteiger partial charge in [0.05, 0.1) is 0 Å². The van der Waals surface area contributed by atoms with Crippen molar-refractivity contribution in [1.29, 1.82) is 0 Å². The van der Waals surface area contributed by atoms with E-state index in [0.717, 1.165) is 12.1 Å². The fourth-order valence-electron chi connectivity index (χ4n) is 1.49. The third-order valence-electron chi connectivity index (χ3n) is 2.37. The van der Waals surface area contributed by atoms with E-state index in [0.29, 0.717) is 12.1 Å². The molecule has 1 aromatic carbocycles. The summed E-state index contributed by atoms with van der Waals surface area (Å²) in [5, 5.41) is 3.06. The SMILES string of the molecule is CC(C)(CC(N)=O)NCc1ccc(F)c(F)c1. The number of hydrogen-bond acceptors (Lipinski definition) is 2. The summed E-state index contributed by atoms with van der Waals surface area (Å²) >= 11 is 0. The second kappa shape index (κ2) is 5.23. The number of nitrogens with two attached hydrogens (primary N) is 1. The quantitative estimate of drug-likeness (QED) is 0.825. The van der Waals surface area contributed by atoms with Crippen LogP contribution in [0, 0.1) is 11.6 Å². The van der Waals surface area contributed by atoms with E-state index in [4.69, 9.17) is 5.73 Å². The predicted molar refractivity (Wildman–Crippen MR) is 61.1 cm³/mol. The maximum atomic E-state index is 12.9. The maximum Gasteiger partial charge on any atom is 0.219 e. The van der Waals surface area contributed by atoms with Gasteiger partial charge in [0.15, 0.2) is 11.6 Å². The second-order valence-corrected chi connectivity index (χ2v) is 4.63. The Hall–Kier alpha value is -1.49. The number of halogens is 2. The van der Waals surface area contributed by atoms with Crippen LogP contribution in [0.2, 0.25) is 0 Å². The lowest BCUT2D eigenvalue weighted by Gasteiger charge is -2.24. The Morgan fingerprint density at radius 1 is 1.35 bits per heavy atom. The lowest BCUT2D eigenvalue weighted by atomic mass is 10.00. The first kappa shape index (κ1) is 13.6. The topological polar surface area (TPSA) is 55.1 Å². The average Bonchev–Trinajstić information content (AvgIpc) is 2.18. The van der Waals surface area contributed by atoms with Gasteiger partial charge >= 0.3 is 0 Å². The summed E-state index contributed by atoms with van der Waals surface area (Å²) < 4.78 is 25.6. The molecule has 0 saturated heterocycles. The Bertz CT molecular complexity index is 419. The second-order valence-electron chi connectivity index (χ2n) is 4.63. The highest BCUT2D eigenvalue weighted by molar-refractivity contribution is 5.74. The van der Waals surface area contributed by atoms with Gasteiger partial charge in [0, 0.05) is 18.5 Å². The molecular weight excluding hydrogens is 226 g/mol. The number of carbonyl (C=O) groups excluding carboxylic acids is 1. The van der Waals surface area contributed by atoms with Crippen molar-refractivity contribution >= 4 is 5.91 Å². The molecule has 1 aromatic rings. The van der Waals surface area contributed by atoms with E-state index in [9.17, 15) is 13.6 Å². The number of carbonyl (C=O) groups is 1. The normalized spacial score (nSPS) is 11.5. The van der Waals surface area contributed by atoms with Gasteiger partial charge in [0.25, 0.3) is 0 Å². The van der Waals surface area contributed by atoms with Crippen LogP contribution < -0.4 is 11.1 Å². The van der Waals surface area contributed by atoms with Gasteiger partial charge in [-0.25, -0.2) is 8.78 Å². The summed E-state index contributed by atoms with van der Waals surface area (Å²) in [7, 11) is 0. The Morgan fingerprint density at radius 3 is 2.53 bits per heavy atom. The third-order valence-corrected chi connectivity index (χ3v) is 2.37. The predicted octanol–water partition coefficient (Wildman–Crippen LogP) is 1.71. The molecule has 0 radical (unpaired) electrons. The van der Waals surface area contributed by atoms with Crippen molar-refractivity contribution in [2.75, 3.05) is 0 Å². The summed E-state index contributed by atoms with van der Waals surface area (Å²) in [4.78, 5) is 10.8. The molecule has 0 atom stereocenters. The molecule has 5 heteroatoms. The van der Waals surface area contributed by atoms with Gasteiger partial charge in [0.2, 0.25) is 5.91 Å². The van der Waals surface area contributed by atoms with Gasteiger partial charge in [-0.15, -0.1) is 0 Å². The molecule has 1 rings (SSSR count). The molecular formula is C12H16F2N2O. The summed E-state index contributed by atoms with van der Waals surface area (Å²) in [6.45, 7) is 3.98. The van der Waals surface area contributed by atoms with Gasteiger partial charge in [-0.3, -0.25) is 4.79 Å². The molecule has 0 aliphatic carbocycles. The van der Waals surface area contributed by atoms with Crippen molar-refractivity contribution in [3.8, 4) is 0 Å². The van der Waals surface area contributed by atoms with Crippen LogP contribution in [0.5, 0.6) is 0 Å². The average molecular weight is 242 g/mol. The summed E-state index contributed by atoms with van der Waals surface area (Å²) in [6, 6.07) is 3.70. The summed E-state index contributed by atoms with van der Waals surface area (Å²) in [5.41, 5.74) is 5.24. The molecule has 94 valence electrons. The Balaban J connectivity index is 2.60. The zero-order valence-corrected chi connectivity index (χ0v) is 9.89. The molecule has 0 saturated carbocycles. The first-order valence-electron chi connectivity index (χ1n) is 5.27. The first-order valence-corrected chi connectivity index (χ1v) is 5.27. The van der Waals surface area contributed by atoms with Crippen molar-refractivity contribution in [3.05, 3.63) is 35.4 Å². The van der Waals surface area contributed by atoms with Crippen LogP contribution in [-0.2, 0) is 11.3 Å². The summed E-state index contributed by atoms with van der Waals surface area (Å²) in [5.74, 6) is -2.16. The molecule has 1 amide bonds. The van der Waals surface area contributed by atoms with Gasteiger partial charge in [0.1, 0.15) is 0 Å². The Kier molecular flexibility index (Phi) is 4.17. The lowest BCUT2D eigenvalue weighted by Crippen LogP contribution is -2.42. The zero-order chi connectivity index (χ0) is 13.1. The van der Waals surface area contributed by atoms with Crippen LogP contribution in [0.1, 0.15) is 25.8 Å². The van der Waals surface area contributed by atoms with Crippen LogP contribution >= 0.6 is 0 Å². The van der Waals surface area contributed by atoms with Crippen LogP contribution in [0.3, 0.4) is 0 Å². The number of primary amides is 1. The van der Waals surface area contributed by atoms with E-state index in [-0.39, 0.29) is 6.42 Å². The lowest BCUT2D eigenvalue weighted by molar-refractivity contribution is -0.119. The van der Waals surface area contributed by atoms with E-state index in [1.807, 2.05) is 13.8 Å². The molecule has 0 unspecified atom stereocenters. The molecule has 0 aliphatic rings. The van der Waals surface area contributed by atoms with E-state index < -0.39 is 23.1 Å². The smallest absolute Gasteiger partial charge is 0.219 e. The Labute approximate surface area is 99.0 Å². The van der Waals surface area contributed by atoms with Crippen molar-refractivity contribution in [1.82, 2.24) is 5.32 Å². The van der Waals surface area contributed by atoms with Gasteiger partial charge in [-0.2, -0.15) is 0 Å². The molecule has 17 heavy (non-hydrogen) atoms. The van der Waals surface area contributed by atoms with E-state index >= 15 is 0 Å². The number of amides is 1. The Morgan fingerprint density at radius 2 is 2.00 bits per heavy atom. The first-order chi connectivity index (χ1) is 7.80. The monoisotopic (exact) mass is 242 g/mol. The number of benzene rings is 1. The summed E-state index contributed by atoms with van der Waals surface area (Å²) in [6.07, 6.45) is 0.177. The van der Waals surface area contributed by atoms with E-state index in [1.54, 1.807) is 0 Å². The number of hydrogen-bond donors (Lipinski definition) is 2. The van der Waals surface area contributed by atoms with Crippen molar-refractivity contribution in [2.45, 2.75) is 32.4 Å². The fourth-order valence-corrected chi connectivity index (χ4v) is 1.49. The minimum Gasteiger partial charge on any atom is -0.370 e. The molecule has 0 fully saturated rings. The van der Waals surface area contributed by atoms with Crippen molar-refractivity contribution in [3.63, 3.8) is 0 Å². The van der Waals surface area contributed by atoms with Crippen molar-refractivity contribution < 1.29 is 13.6 Å². The maximum absolute atomic E-state index is 12.9. The van der Waals surface area contributed by atoms with Gasteiger partial charge < -0.3 is 11.1 Å². The molecule has 0 aromatic heterocycles. The molecule has 0 heterocycles. The third kappa shape index (κ3) is 4.48. The van der Waals surface area contributed by atoms with Crippen molar-refractivity contribution in [2.24, 2.45) is 5.73 Å². The van der Waals surface area contributed by atoms with E-state index in [1.165, 1.54) is 6.07 Å². The number of rotatable bonds is 5. The van der Waals surface area contributed by atoms with Crippen LogP contribution in [0.15, 0.2) is 18.2 Å². The molecule has 0 aliphatic heterocycles. The van der Waals surface area contributed by atoms with Gasteiger partial charge in [-0.05, 0) is 31.5 Å². The highest BCUT2D eigenvalue weighted by Crippen LogP contribution is 2.12. The minimum atomic E-state index is -0.878. The van der Waals surface area contributed by atoms with Crippen LogP contribution in [0.25, 0.3) is 0 Å². The zero-order valence-electron chi connectivity index (χ0n) is 9.89. The minimum absolute atomic E-state index is 0.177. The number of nitrogens with one attached hydrogen (secondary N) is 1. The van der Waals surface area contributed by atoms with E-state index in [2.05, 4.69) is 5.32 Å². The van der Waals surface area contributed by atoms with Crippen LogP contribution in [-0.4, -0.2) is 11.4 Å². The molecule has 0 bridgehead atoms. The largest absolute Gasteiger partial charge is 0.370 e. The highest BCUT2D eigenvalue weighted by atomic mass is 19.2. The van der Waals surface area contributed by atoms with Crippen LogP contribution in [0.4, 0.5) is 8.78 Å². The highest BCUT2D eigenvalue weighted by Gasteiger charge is 2.19. The fraction of sp³-hybridized carbons (Fsp3) is 0.417. The molecule has 0 spiro atoms. The standard InChI is InChI=1S/C12H16F2N2O/c1-12(2,6-11(15)17)16-7-8-3-4-9(13)10(14)5-8/h3-5,16H,6-7H2,1-2H3,(H2,15,17).